The molecule has 0 saturated heterocycles. The summed E-state index contributed by atoms with van der Waals surface area (Å²) in [6, 6.07) is 19.3. The van der Waals surface area contributed by atoms with E-state index in [4.69, 9.17) is 0 Å². The summed E-state index contributed by atoms with van der Waals surface area (Å²) in [5.74, 6) is 0. The Morgan fingerprint density at radius 2 is 1.32 bits per heavy atom. The minimum atomic E-state index is -0.218. The van der Waals surface area contributed by atoms with E-state index in [1.54, 1.807) is 0 Å². The predicted molar refractivity (Wildman–Crippen MR) is 105 cm³/mol. The van der Waals surface area contributed by atoms with Crippen molar-refractivity contribution in [1.29, 1.82) is 0 Å². The molecule has 0 N–H and O–H groups in total. The average molecular weight is 439 g/mol. The Morgan fingerprint density at radius 1 is 0.760 bits per heavy atom. The molecule has 0 saturated carbocycles. The predicted octanol–water partition coefficient (Wildman–Crippen LogP) is 5.27. The van der Waals surface area contributed by atoms with Crippen LogP contribution in [0.15, 0.2) is 67.0 Å². The van der Waals surface area contributed by atoms with Gasteiger partial charge < -0.3 is 0 Å². The van der Waals surface area contributed by atoms with E-state index in [1.807, 2.05) is 0 Å². The van der Waals surface area contributed by atoms with Gasteiger partial charge in [-0.05, 0) is 0 Å². The molecule has 1 aromatic heterocycles. The summed E-state index contributed by atoms with van der Waals surface area (Å²) in [5, 5.41) is 1.48. The van der Waals surface area contributed by atoms with E-state index < -0.39 is 0 Å². The van der Waals surface area contributed by atoms with Gasteiger partial charge in [0.05, 0.1) is 0 Å². The van der Waals surface area contributed by atoms with Crippen LogP contribution < -0.4 is 5.30 Å². The first kappa shape index (κ1) is 18.5. The zero-order chi connectivity index (χ0) is 18.0. The van der Waals surface area contributed by atoms with Crippen LogP contribution >= 0.6 is 7.92 Å². The first-order valence-corrected chi connectivity index (χ1v) is 11.0. The van der Waals surface area contributed by atoms with Crippen molar-refractivity contribution >= 4 is 13.2 Å². The van der Waals surface area contributed by atoms with E-state index in [0.29, 0.717) is 11.3 Å². The van der Waals surface area contributed by atoms with Crippen LogP contribution in [0.1, 0.15) is 27.7 Å². The van der Waals surface area contributed by atoms with Crippen molar-refractivity contribution in [2.45, 2.75) is 39.0 Å². The van der Waals surface area contributed by atoms with Crippen LogP contribution in [0.2, 0.25) is 0 Å². The van der Waals surface area contributed by atoms with E-state index in [-0.39, 0.29) is 7.92 Å². The van der Waals surface area contributed by atoms with Gasteiger partial charge in [0.15, 0.2) is 0 Å². The fraction of sp³-hybridized carbons (Fsp3) is 0.286. The van der Waals surface area contributed by atoms with E-state index in [0.717, 1.165) is 4.01 Å². The first-order chi connectivity index (χ1) is 12.0. The number of benzene rings is 2. The summed E-state index contributed by atoms with van der Waals surface area (Å²) in [6.45, 7) is 9.40. The van der Waals surface area contributed by atoms with Crippen LogP contribution in [-0.4, -0.2) is 20.5 Å². The summed E-state index contributed by atoms with van der Waals surface area (Å²) >= 11 is 3.14. The molecule has 3 aromatic rings. The summed E-state index contributed by atoms with van der Waals surface area (Å²) in [6.07, 6.45) is 4.30. The maximum atomic E-state index is 3.14. The molecule has 2 nitrogen and oxygen atoms in total. The second-order valence-corrected chi connectivity index (χ2v) is 10.8. The number of imidazole rings is 1. The van der Waals surface area contributed by atoms with Crippen LogP contribution in [0.25, 0.3) is 11.4 Å². The number of aromatic nitrogens is 2. The summed E-state index contributed by atoms with van der Waals surface area (Å²) < 4.78 is 5.60. The first-order valence-electron chi connectivity index (χ1n) is 8.70. The van der Waals surface area contributed by atoms with Gasteiger partial charge in [-0.2, -0.15) is 0 Å². The Morgan fingerprint density at radius 3 is 1.96 bits per heavy atom. The van der Waals surface area contributed by atoms with Crippen molar-refractivity contribution in [2.75, 3.05) is 0 Å². The quantitative estimate of drug-likeness (QED) is 0.379. The van der Waals surface area contributed by atoms with E-state index in [1.165, 1.54) is 16.7 Å². The molecule has 3 rings (SSSR count). The number of hydrogen-bond acceptors (Lipinski definition) is 0. The molecular weight excluding hydrogens is 414 g/mol. The van der Waals surface area contributed by atoms with Gasteiger partial charge in [-0.25, -0.2) is 0 Å². The van der Waals surface area contributed by atoms with E-state index in [2.05, 4.69) is 122 Å². The molecule has 2 aromatic carbocycles. The Labute approximate surface area is 161 Å². The Hall–Kier alpha value is -1.30. The number of rotatable bonds is 5. The van der Waals surface area contributed by atoms with Crippen molar-refractivity contribution in [2.24, 2.45) is 0 Å². The molecule has 133 valence electrons. The van der Waals surface area contributed by atoms with Gasteiger partial charge in [-0.15, -0.1) is 0 Å². The third kappa shape index (κ3) is 3.79. The molecule has 0 aliphatic carbocycles. The Bertz CT molecular complexity index is 886. The van der Waals surface area contributed by atoms with Crippen molar-refractivity contribution in [3.8, 4) is 11.4 Å². The Kier molecular flexibility index (Phi) is 5.87. The molecule has 0 unspecified atom stereocenters. The van der Waals surface area contributed by atoms with Gasteiger partial charge in [0.1, 0.15) is 0 Å². The maximum absolute atomic E-state index is 3.14. The number of hydrogen-bond donors (Lipinski definition) is 0. The van der Waals surface area contributed by atoms with E-state index in [9.17, 15) is 0 Å². The van der Waals surface area contributed by atoms with Gasteiger partial charge in [0.2, 0.25) is 0 Å². The fourth-order valence-corrected chi connectivity index (χ4v) is 7.02. The summed E-state index contributed by atoms with van der Waals surface area (Å²) in [5.41, 5.74) is 3.80. The summed E-state index contributed by atoms with van der Waals surface area (Å²) in [4.78, 5) is 0. The SMILES string of the molecule is CC(C)P(c1ccccc1-n1ccn(-c2ccccc2)[c]1=[Rh])C(C)C. The topological polar surface area (TPSA) is 9.86 Å². The normalized spacial score (nSPS) is 11.7. The molecule has 0 aliphatic heterocycles. The van der Waals surface area contributed by atoms with Crippen molar-refractivity contribution in [3.05, 3.63) is 71.0 Å². The molecule has 1 heterocycles. The monoisotopic (exact) mass is 439 g/mol. The van der Waals surface area contributed by atoms with Crippen LogP contribution in [0, 0.1) is 4.01 Å². The standard InChI is InChI=1S/C21H25N2P.Rh/c1-17(2)24(18(3)4)21-13-9-8-12-20(21)23-15-14-22(16-23)19-10-6-5-7-11-19;/h5-15,17-18H,1-4H3;. The van der Waals surface area contributed by atoms with Crippen molar-refractivity contribution in [1.82, 2.24) is 9.13 Å². The van der Waals surface area contributed by atoms with E-state index >= 15 is 0 Å². The fourth-order valence-electron chi connectivity index (χ4n) is 3.35. The molecule has 25 heavy (non-hydrogen) atoms. The van der Waals surface area contributed by atoms with Gasteiger partial charge in [0, 0.05) is 0 Å². The van der Waals surface area contributed by atoms with Gasteiger partial charge in [0.25, 0.3) is 0 Å². The average Bonchev–Trinajstić information content (AvgIpc) is 2.97. The third-order valence-corrected chi connectivity index (χ3v) is 8.26. The summed E-state index contributed by atoms with van der Waals surface area (Å²) in [7, 11) is -0.218. The second-order valence-electron chi connectivity index (χ2n) is 6.71. The second kappa shape index (κ2) is 7.94. The zero-order valence-corrected chi connectivity index (χ0v) is 17.7. The molecule has 0 spiro atoms. The number of nitrogens with zero attached hydrogens (tertiary/aromatic N) is 2. The molecule has 0 amide bonds. The Balaban J connectivity index is 2.13. The molecule has 0 atom stereocenters. The third-order valence-electron chi connectivity index (χ3n) is 4.31. The van der Waals surface area contributed by atoms with Gasteiger partial charge >= 0.3 is 162 Å². The molecule has 0 aliphatic rings. The van der Waals surface area contributed by atoms with Gasteiger partial charge in [-0.3, -0.25) is 0 Å². The molecule has 0 fully saturated rings. The molecular formula is C21H25N2PRh. The van der Waals surface area contributed by atoms with Gasteiger partial charge in [-0.1, -0.05) is 0 Å². The van der Waals surface area contributed by atoms with Crippen LogP contribution in [0.3, 0.4) is 0 Å². The van der Waals surface area contributed by atoms with Crippen molar-refractivity contribution < 1.29 is 17.9 Å². The van der Waals surface area contributed by atoms with Crippen molar-refractivity contribution in [3.63, 3.8) is 0 Å². The zero-order valence-electron chi connectivity index (χ0n) is 15.2. The van der Waals surface area contributed by atoms with Crippen LogP contribution in [0.4, 0.5) is 0 Å². The minimum absolute atomic E-state index is 0.218. The molecule has 4 heteroatoms. The molecule has 0 bridgehead atoms. The van der Waals surface area contributed by atoms with Crippen LogP contribution in [0.5, 0.6) is 0 Å². The molecule has 0 radical (unpaired) electrons. The number of para-hydroxylation sites is 2. The van der Waals surface area contributed by atoms with Crippen LogP contribution in [-0.2, 0) is 17.9 Å².